The Bertz CT molecular complexity index is 2450. The van der Waals surface area contributed by atoms with Crippen LogP contribution in [-0.4, -0.2) is 49.0 Å². The first-order valence-corrected chi connectivity index (χ1v) is 19.9. The number of aryl methyl sites for hydroxylation is 1. The molecule has 0 atom stereocenters. The van der Waals surface area contributed by atoms with Crippen molar-refractivity contribution in [2.45, 2.75) is 19.9 Å². The highest BCUT2D eigenvalue weighted by Crippen LogP contribution is 2.42. The van der Waals surface area contributed by atoms with E-state index in [0.717, 1.165) is 22.3 Å². The van der Waals surface area contributed by atoms with E-state index >= 15 is 0 Å². The number of benzene rings is 4. The molecule has 6 aromatic rings. The van der Waals surface area contributed by atoms with E-state index in [2.05, 4.69) is 4.98 Å². The van der Waals surface area contributed by atoms with Crippen LogP contribution in [0, 0.1) is 0 Å². The summed E-state index contributed by atoms with van der Waals surface area (Å²) in [5.41, 5.74) is 6.14. The molecular weight excluding hydrogens is 747 g/mol. The number of anilines is 1. The number of ether oxygens (including phenoxy) is 1. The molecular formula is C40H37N3O8S3-2. The Morgan fingerprint density at radius 2 is 1.35 bits per heavy atom. The molecule has 280 valence electrons. The van der Waals surface area contributed by atoms with Crippen molar-refractivity contribution in [1.82, 2.24) is 4.98 Å². The number of allylic oxidation sites excluding steroid dienone is 2. The molecule has 0 N–H and O–H groups in total. The fourth-order valence-electron chi connectivity index (χ4n) is 5.78. The van der Waals surface area contributed by atoms with Gasteiger partial charge < -0.3 is 36.7 Å². The smallest absolute Gasteiger partial charge is 0.374 e. The summed E-state index contributed by atoms with van der Waals surface area (Å²) < 4.78 is 83.9. The second-order valence-electron chi connectivity index (χ2n) is 12.0. The van der Waals surface area contributed by atoms with Crippen molar-refractivity contribution < 1.29 is 39.7 Å². The van der Waals surface area contributed by atoms with Crippen LogP contribution in [0.4, 0.5) is 5.69 Å². The Kier molecular flexibility index (Phi) is 13.1. The van der Waals surface area contributed by atoms with Crippen molar-refractivity contribution in [1.29, 1.82) is 0 Å². The van der Waals surface area contributed by atoms with Crippen molar-refractivity contribution >= 4 is 56.6 Å². The molecule has 1 aliphatic heterocycles. The molecule has 0 fully saturated rings. The van der Waals surface area contributed by atoms with Gasteiger partial charge in [-0.2, -0.15) is 4.57 Å². The summed E-state index contributed by atoms with van der Waals surface area (Å²) in [6.45, 7) is 1.65. The van der Waals surface area contributed by atoms with E-state index in [4.69, 9.17) is 9.15 Å². The monoisotopic (exact) mass is 783 g/mol. The van der Waals surface area contributed by atoms with Crippen molar-refractivity contribution in [3.8, 4) is 28.0 Å². The molecule has 0 unspecified atom stereocenters. The summed E-state index contributed by atoms with van der Waals surface area (Å²) in [5, 5.41) is 0. The fraction of sp³-hybridized carbons (Fsp3) is 0.150. The van der Waals surface area contributed by atoms with Gasteiger partial charge in [-0.15, -0.1) is 0 Å². The molecule has 0 saturated carbocycles. The predicted molar refractivity (Wildman–Crippen MR) is 210 cm³/mol. The van der Waals surface area contributed by atoms with E-state index in [1.165, 1.54) is 0 Å². The van der Waals surface area contributed by atoms with Crippen LogP contribution >= 0.6 is 0 Å². The lowest BCUT2D eigenvalue weighted by Gasteiger charge is -2.20. The van der Waals surface area contributed by atoms with E-state index in [9.17, 15) is 25.9 Å². The topological polar surface area (TPSA) is 157 Å². The number of rotatable bonds is 11. The van der Waals surface area contributed by atoms with Gasteiger partial charge in [0, 0.05) is 31.1 Å². The molecule has 0 amide bonds. The number of thiol groups is 1. The normalized spacial score (nSPS) is 13.5. The summed E-state index contributed by atoms with van der Waals surface area (Å²) in [6, 6.07) is 36.3. The number of pyridine rings is 1. The predicted octanol–water partition coefficient (Wildman–Crippen LogP) is 6.49. The lowest BCUT2D eigenvalue weighted by molar-refractivity contribution is -0.673. The van der Waals surface area contributed by atoms with Crippen molar-refractivity contribution in [2.24, 2.45) is 0 Å². The molecule has 7 rings (SSSR count). The van der Waals surface area contributed by atoms with Crippen LogP contribution in [0.1, 0.15) is 19.2 Å². The van der Waals surface area contributed by atoms with Crippen molar-refractivity contribution in [3.63, 3.8) is 0 Å². The molecule has 0 radical (unpaired) electrons. The van der Waals surface area contributed by atoms with Crippen molar-refractivity contribution in [3.05, 3.63) is 151 Å². The summed E-state index contributed by atoms with van der Waals surface area (Å²) in [5.74, 6) is -0.130. The first-order chi connectivity index (χ1) is 25.5. The van der Waals surface area contributed by atoms with Crippen LogP contribution in [0.5, 0.6) is 5.75 Å². The van der Waals surface area contributed by atoms with Crippen LogP contribution < -0.4 is 14.2 Å². The van der Waals surface area contributed by atoms with E-state index in [1.54, 1.807) is 46.1 Å². The Hall–Kier alpha value is -5.25. The highest BCUT2D eigenvalue weighted by Gasteiger charge is 2.28. The summed E-state index contributed by atoms with van der Waals surface area (Å²) >= 11 is 0. The third kappa shape index (κ3) is 10.5. The number of fused-ring (bicyclic) bond motifs is 2. The minimum absolute atomic E-state index is 0. The molecule has 14 heteroatoms. The minimum Gasteiger partial charge on any atom is -0.813 e. The van der Waals surface area contributed by atoms with Gasteiger partial charge in [0.05, 0.1) is 33.4 Å². The molecule has 3 heterocycles. The average Bonchev–Trinajstić information content (AvgIpc) is 3.69. The molecule has 0 spiro atoms. The van der Waals surface area contributed by atoms with Crippen LogP contribution in [0.25, 0.3) is 39.4 Å². The van der Waals surface area contributed by atoms with Crippen LogP contribution in [0.3, 0.4) is 0 Å². The van der Waals surface area contributed by atoms with Crippen LogP contribution in [0.15, 0.2) is 150 Å². The Morgan fingerprint density at radius 3 is 1.91 bits per heavy atom. The van der Waals surface area contributed by atoms with Gasteiger partial charge in [0.2, 0.25) is 11.5 Å². The number of oxazole rings is 1. The third-order valence-corrected chi connectivity index (χ3v) is 9.76. The van der Waals surface area contributed by atoms with E-state index in [1.807, 2.05) is 110 Å². The third-order valence-electron chi connectivity index (χ3n) is 8.40. The second kappa shape index (κ2) is 17.7. The standard InChI is InChI=1S/C35H32N2O8S2.C5H5N.H2S/c1-2-25(21-34-36(17-19-46(38,39)40)30-23-28(13-15-32(30)44-34)26-9-5-3-6-10-26)22-35-37(18-20-47(41,42)43)31-24-29(14-16-33(31)45-35)27-11-7-4-8-12-27;1-2-4-6-5-3-1;/h3-16,21-24H,2,17-20H2,1H3,(H-,38,39,40,41,42,43);1-5H;1H2/p-2. The van der Waals surface area contributed by atoms with E-state index in [-0.39, 0.29) is 26.6 Å². The molecule has 54 heavy (non-hydrogen) atoms. The Balaban J connectivity index is 0.000000730. The average molecular weight is 784 g/mol. The molecule has 11 nitrogen and oxygen atoms in total. The van der Waals surface area contributed by atoms with Gasteiger partial charge in [-0.05, 0) is 64.6 Å². The summed E-state index contributed by atoms with van der Waals surface area (Å²) in [6.07, 6.45) is 7.45. The minimum atomic E-state index is -4.53. The van der Waals surface area contributed by atoms with Gasteiger partial charge in [-0.3, -0.25) is 4.98 Å². The molecule has 4 aromatic carbocycles. The van der Waals surface area contributed by atoms with Crippen molar-refractivity contribution in [2.75, 3.05) is 23.0 Å². The number of aromatic nitrogens is 2. The zero-order valence-corrected chi connectivity index (χ0v) is 31.7. The fourth-order valence-corrected chi connectivity index (χ4v) is 6.59. The Morgan fingerprint density at radius 1 is 0.759 bits per heavy atom. The zero-order valence-electron chi connectivity index (χ0n) is 29.2. The van der Waals surface area contributed by atoms with Crippen LogP contribution in [-0.2, 0) is 40.3 Å². The first kappa shape index (κ1) is 39.9. The van der Waals surface area contributed by atoms with E-state index < -0.39 is 31.7 Å². The van der Waals surface area contributed by atoms with Gasteiger partial charge >= 0.3 is 5.89 Å². The molecule has 0 aliphatic carbocycles. The lowest BCUT2D eigenvalue weighted by Crippen LogP contribution is -2.38. The van der Waals surface area contributed by atoms with E-state index in [0.29, 0.717) is 46.3 Å². The number of hydrogen-bond donors (Lipinski definition) is 0. The van der Waals surface area contributed by atoms with Gasteiger partial charge in [0.25, 0.3) is 5.52 Å². The molecule has 0 bridgehead atoms. The summed E-state index contributed by atoms with van der Waals surface area (Å²) in [4.78, 5) is 5.44. The second-order valence-corrected chi connectivity index (χ2v) is 15.1. The SMILES string of the molecule is CCC(=Cc1oc2ccc(-c3ccccc3)cc2[n+]1CCS(=O)(=O)[O-])C=C1Oc2ccc(-c3ccccc3)cc2N1CCS(=O)(=O)[O-].[SH-].c1ccncc1. The highest BCUT2D eigenvalue weighted by atomic mass is 32.2. The number of nitrogens with zero attached hydrogens (tertiary/aromatic N) is 3. The first-order valence-electron chi connectivity index (χ1n) is 16.8. The van der Waals surface area contributed by atoms with Gasteiger partial charge in [0.15, 0.2) is 12.3 Å². The lowest BCUT2D eigenvalue weighted by atomic mass is 10.0. The van der Waals surface area contributed by atoms with Gasteiger partial charge in [0.1, 0.15) is 10.1 Å². The maximum absolute atomic E-state index is 11.6. The molecule has 0 saturated heterocycles. The van der Waals surface area contributed by atoms with Gasteiger partial charge in [-0.1, -0.05) is 85.8 Å². The quantitative estimate of drug-likeness (QED) is 0.0613. The maximum Gasteiger partial charge on any atom is 0.374 e. The molecule has 2 aromatic heterocycles. The largest absolute Gasteiger partial charge is 0.813 e. The van der Waals surface area contributed by atoms with Gasteiger partial charge in [-0.25, -0.2) is 16.8 Å². The Labute approximate surface area is 321 Å². The highest BCUT2D eigenvalue weighted by molar-refractivity contribution is 7.85. The zero-order chi connectivity index (χ0) is 37.4. The molecule has 1 aliphatic rings. The van der Waals surface area contributed by atoms with Crippen LogP contribution in [0.2, 0.25) is 0 Å². The summed E-state index contributed by atoms with van der Waals surface area (Å²) in [7, 11) is -9.05. The maximum atomic E-state index is 11.6. The number of hydrogen-bond acceptors (Lipinski definition) is 11.